The third kappa shape index (κ3) is 5.48. The van der Waals surface area contributed by atoms with Crippen LogP contribution in [0, 0.1) is 6.92 Å². The van der Waals surface area contributed by atoms with Gasteiger partial charge in [-0.3, -0.25) is 4.79 Å². The molecule has 0 bridgehead atoms. The van der Waals surface area contributed by atoms with Gasteiger partial charge in [0.1, 0.15) is 12.4 Å². The second-order valence-corrected chi connectivity index (χ2v) is 6.51. The average Bonchev–Trinajstić information content (AvgIpc) is 2.71. The molecule has 0 saturated carbocycles. The van der Waals surface area contributed by atoms with E-state index in [0.717, 1.165) is 11.1 Å². The first-order chi connectivity index (χ1) is 13.1. The molecule has 1 fully saturated rings. The van der Waals surface area contributed by atoms with Gasteiger partial charge in [-0.25, -0.2) is 4.79 Å². The van der Waals surface area contributed by atoms with Crippen LogP contribution in [-0.4, -0.2) is 54.6 Å². The van der Waals surface area contributed by atoms with Crippen LogP contribution < -0.4 is 4.74 Å². The van der Waals surface area contributed by atoms with Gasteiger partial charge in [-0.2, -0.15) is 0 Å². The fourth-order valence-corrected chi connectivity index (χ4v) is 2.89. The van der Waals surface area contributed by atoms with Crippen molar-refractivity contribution in [3.05, 3.63) is 65.7 Å². The maximum absolute atomic E-state index is 12.3. The number of benzene rings is 2. The van der Waals surface area contributed by atoms with E-state index < -0.39 is 0 Å². The highest BCUT2D eigenvalue weighted by molar-refractivity contribution is 5.78. The minimum atomic E-state index is -0.345. The second kappa shape index (κ2) is 9.07. The molecule has 2 aromatic carbocycles. The number of carbonyl (C=O) groups excluding carboxylic acids is 2. The number of nitrogens with zero attached hydrogens (tertiary/aromatic N) is 2. The molecule has 0 radical (unpaired) electrons. The lowest BCUT2D eigenvalue weighted by atomic mass is 10.2. The average molecular weight is 368 g/mol. The first kappa shape index (κ1) is 18.8. The summed E-state index contributed by atoms with van der Waals surface area (Å²) in [7, 11) is 0. The third-order valence-electron chi connectivity index (χ3n) is 4.45. The molecule has 0 atom stereocenters. The van der Waals surface area contributed by atoms with Crippen LogP contribution in [0.3, 0.4) is 0 Å². The number of piperazine rings is 1. The van der Waals surface area contributed by atoms with Gasteiger partial charge < -0.3 is 19.3 Å². The van der Waals surface area contributed by atoms with Gasteiger partial charge in [-0.15, -0.1) is 0 Å². The van der Waals surface area contributed by atoms with E-state index in [-0.39, 0.29) is 25.2 Å². The highest BCUT2D eigenvalue weighted by Crippen LogP contribution is 2.13. The van der Waals surface area contributed by atoms with E-state index in [0.29, 0.717) is 31.9 Å². The minimum Gasteiger partial charge on any atom is -0.484 e. The molecule has 142 valence electrons. The standard InChI is InChI=1S/C21H24N2O4/c1-17-6-5-9-19(14-17)26-16-20(24)22-10-12-23(13-11-22)21(25)27-15-18-7-3-2-4-8-18/h2-9,14H,10-13,15-16H2,1H3. The first-order valence-corrected chi connectivity index (χ1v) is 9.05. The van der Waals surface area contributed by atoms with Crippen LogP contribution in [0.5, 0.6) is 5.75 Å². The van der Waals surface area contributed by atoms with Gasteiger partial charge in [0.2, 0.25) is 0 Å². The molecule has 1 saturated heterocycles. The van der Waals surface area contributed by atoms with Gasteiger partial charge in [0.15, 0.2) is 6.61 Å². The zero-order chi connectivity index (χ0) is 19.1. The predicted octanol–water partition coefficient (Wildman–Crippen LogP) is 2.85. The molecular weight excluding hydrogens is 344 g/mol. The Morgan fingerprint density at radius 2 is 1.63 bits per heavy atom. The fraction of sp³-hybridized carbons (Fsp3) is 0.333. The molecule has 0 aromatic heterocycles. The number of amides is 2. The maximum atomic E-state index is 12.3. The van der Waals surface area contributed by atoms with Crippen LogP contribution in [0.2, 0.25) is 0 Å². The van der Waals surface area contributed by atoms with Crippen molar-refractivity contribution in [2.24, 2.45) is 0 Å². The van der Waals surface area contributed by atoms with Crippen molar-refractivity contribution in [2.45, 2.75) is 13.5 Å². The Labute approximate surface area is 159 Å². The zero-order valence-corrected chi connectivity index (χ0v) is 15.5. The van der Waals surface area contributed by atoms with Crippen molar-refractivity contribution in [2.75, 3.05) is 32.8 Å². The van der Waals surface area contributed by atoms with E-state index in [9.17, 15) is 9.59 Å². The molecule has 0 N–H and O–H groups in total. The van der Waals surface area contributed by atoms with Crippen LogP contribution in [0.1, 0.15) is 11.1 Å². The number of hydrogen-bond acceptors (Lipinski definition) is 4. The molecule has 2 aromatic rings. The molecule has 6 nitrogen and oxygen atoms in total. The van der Waals surface area contributed by atoms with Gasteiger partial charge in [0.25, 0.3) is 5.91 Å². The van der Waals surface area contributed by atoms with Crippen LogP contribution in [0.25, 0.3) is 0 Å². The summed E-state index contributed by atoms with van der Waals surface area (Å²) < 4.78 is 10.9. The second-order valence-electron chi connectivity index (χ2n) is 6.51. The van der Waals surface area contributed by atoms with Gasteiger partial charge in [0.05, 0.1) is 0 Å². The lowest BCUT2D eigenvalue weighted by molar-refractivity contribution is -0.135. The zero-order valence-electron chi connectivity index (χ0n) is 15.5. The summed E-state index contributed by atoms with van der Waals surface area (Å²) in [4.78, 5) is 27.8. The number of ether oxygens (including phenoxy) is 2. The van der Waals surface area contributed by atoms with Gasteiger partial charge in [-0.1, -0.05) is 42.5 Å². The molecule has 2 amide bonds. The monoisotopic (exact) mass is 368 g/mol. The van der Waals surface area contributed by atoms with E-state index in [4.69, 9.17) is 9.47 Å². The molecule has 0 spiro atoms. The van der Waals surface area contributed by atoms with Gasteiger partial charge in [-0.05, 0) is 30.2 Å². The van der Waals surface area contributed by atoms with E-state index in [1.165, 1.54) is 0 Å². The normalized spacial score (nSPS) is 14.0. The molecular formula is C21H24N2O4. The van der Waals surface area contributed by atoms with Crippen LogP contribution >= 0.6 is 0 Å². The Morgan fingerprint density at radius 1 is 0.926 bits per heavy atom. The predicted molar refractivity (Wildman–Crippen MR) is 101 cm³/mol. The summed E-state index contributed by atoms with van der Waals surface area (Å²) in [5.41, 5.74) is 2.04. The molecule has 1 aliphatic rings. The summed E-state index contributed by atoms with van der Waals surface area (Å²) in [6.07, 6.45) is -0.345. The lowest BCUT2D eigenvalue weighted by Gasteiger charge is -2.34. The summed E-state index contributed by atoms with van der Waals surface area (Å²) in [6, 6.07) is 17.2. The van der Waals surface area contributed by atoms with E-state index >= 15 is 0 Å². The largest absolute Gasteiger partial charge is 0.484 e. The maximum Gasteiger partial charge on any atom is 0.410 e. The summed E-state index contributed by atoms with van der Waals surface area (Å²) >= 11 is 0. The summed E-state index contributed by atoms with van der Waals surface area (Å²) in [5.74, 6) is 0.611. The van der Waals surface area contributed by atoms with Crippen LogP contribution in [0.15, 0.2) is 54.6 Å². The molecule has 6 heteroatoms. The Kier molecular flexibility index (Phi) is 6.30. The lowest BCUT2D eigenvalue weighted by Crippen LogP contribution is -2.51. The molecule has 0 aliphatic carbocycles. The highest BCUT2D eigenvalue weighted by atomic mass is 16.6. The smallest absolute Gasteiger partial charge is 0.410 e. The number of hydrogen-bond donors (Lipinski definition) is 0. The topological polar surface area (TPSA) is 59.1 Å². The van der Waals surface area contributed by atoms with Crippen molar-refractivity contribution in [3.8, 4) is 5.75 Å². The molecule has 1 heterocycles. The van der Waals surface area contributed by atoms with Crippen molar-refractivity contribution < 1.29 is 19.1 Å². The minimum absolute atomic E-state index is 0.00189. The molecule has 1 aliphatic heterocycles. The van der Waals surface area contributed by atoms with Gasteiger partial charge >= 0.3 is 6.09 Å². The van der Waals surface area contributed by atoms with Crippen molar-refractivity contribution >= 4 is 12.0 Å². The molecule has 27 heavy (non-hydrogen) atoms. The Morgan fingerprint density at radius 3 is 2.33 bits per heavy atom. The Balaban J connectivity index is 1.40. The van der Waals surface area contributed by atoms with Crippen LogP contribution in [0.4, 0.5) is 4.79 Å². The molecule has 0 unspecified atom stereocenters. The van der Waals surface area contributed by atoms with Crippen molar-refractivity contribution in [3.63, 3.8) is 0 Å². The number of aryl methyl sites for hydroxylation is 1. The number of carbonyl (C=O) groups is 2. The van der Waals surface area contributed by atoms with E-state index in [1.54, 1.807) is 9.80 Å². The molecule has 3 rings (SSSR count). The van der Waals surface area contributed by atoms with Crippen LogP contribution in [-0.2, 0) is 16.1 Å². The number of rotatable bonds is 5. The fourth-order valence-electron chi connectivity index (χ4n) is 2.89. The summed E-state index contributed by atoms with van der Waals surface area (Å²) in [5, 5.41) is 0. The van der Waals surface area contributed by atoms with E-state index in [1.807, 2.05) is 61.5 Å². The first-order valence-electron chi connectivity index (χ1n) is 9.05. The summed E-state index contributed by atoms with van der Waals surface area (Å²) in [6.45, 7) is 4.12. The highest BCUT2D eigenvalue weighted by Gasteiger charge is 2.25. The van der Waals surface area contributed by atoms with Crippen molar-refractivity contribution in [1.82, 2.24) is 9.80 Å². The van der Waals surface area contributed by atoms with Gasteiger partial charge in [0, 0.05) is 26.2 Å². The SMILES string of the molecule is Cc1cccc(OCC(=O)N2CCN(C(=O)OCc3ccccc3)CC2)c1. The Bertz CT molecular complexity index is 771. The quantitative estimate of drug-likeness (QED) is 0.814. The third-order valence-corrected chi connectivity index (χ3v) is 4.45. The van der Waals surface area contributed by atoms with Crippen molar-refractivity contribution in [1.29, 1.82) is 0 Å². The Hall–Kier alpha value is -3.02. The van der Waals surface area contributed by atoms with E-state index in [2.05, 4.69) is 0 Å².